The van der Waals surface area contributed by atoms with E-state index in [1.165, 1.54) is 4.90 Å². The van der Waals surface area contributed by atoms with Crippen molar-refractivity contribution in [1.29, 1.82) is 0 Å². The number of rotatable bonds is 5. The third kappa shape index (κ3) is 3.80. The smallest absolute Gasteiger partial charge is 0.268 e. The van der Waals surface area contributed by atoms with Crippen molar-refractivity contribution in [2.24, 2.45) is 0 Å². The maximum Gasteiger partial charge on any atom is 0.268 e. The molecular weight excluding hydrogens is 347 g/mol. The molecule has 1 aromatic carbocycles. The Morgan fingerprint density at radius 1 is 1.27 bits per heavy atom. The van der Waals surface area contributed by atoms with Crippen LogP contribution in [0.5, 0.6) is 5.75 Å². The van der Waals surface area contributed by atoms with Crippen LogP contribution in [-0.2, 0) is 4.79 Å². The molecule has 1 aliphatic rings. The van der Waals surface area contributed by atoms with E-state index in [-0.39, 0.29) is 18.3 Å². The number of hydrogen-bond donors (Lipinski definition) is 1. The summed E-state index contributed by atoms with van der Waals surface area (Å²) in [6.45, 7) is 9.65. The first-order valence-corrected chi connectivity index (χ1v) is 8.04. The van der Waals surface area contributed by atoms with Crippen LogP contribution >= 0.6 is 23.2 Å². The van der Waals surface area contributed by atoms with E-state index < -0.39 is 6.10 Å². The third-order valence-electron chi connectivity index (χ3n) is 3.92. The number of amides is 1. The van der Waals surface area contributed by atoms with E-state index in [2.05, 4.69) is 13.8 Å². The Hall–Kier alpha value is -0.680. The van der Waals surface area contributed by atoms with Gasteiger partial charge in [0.05, 0.1) is 36.9 Å². The van der Waals surface area contributed by atoms with Gasteiger partial charge in [-0.15, -0.1) is 0 Å². The fraction of sp³-hybridized carbons (Fsp3) is 0.533. The number of nitrogens with zero attached hydrogens (tertiary/aromatic N) is 1. The Bertz CT molecular complexity index is 536. The number of quaternary nitrogens is 1. The minimum Gasteiger partial charge on any atom is -1.00 e. The molecule has 0 saturated heterocycles. The van der Waals surface area contributed by atoms with Gasteiger partial charge < -0.3 is 26.9 Å². The van der Waals surface area contributed by atoms with Crippen LogP contribution in [-0.4, -0.2) is 38.2 Å². The predicted octanol–water partition coefficient (Wildman–Crippen LogP) is -0.964. The second-order valence-corrected chi connectivity index (χ2v) is 5.95. The highest BCUT2D eigenvalue weighted by Crippen LogP contribution is 2.43. The molecule has 1 atom stereocenters. The van der Waals surface area contributed by atoms with Crippen molar-refractivity contribution in [3.63, 3.8) is 0 Å². The van der Waals surface area contributed by atoms with Crippen LogP contribution in [0.3, 0.4) is 0 Å². The van der Waals surface area contributed by atoms with E-state index in [1.807, 2.05) is 0 Å². The Labute approximate surface area is 147 Å². The van der Waals surface area contributed by atoms with E-state index in [0.717, 1.165) is 19.6 Å². The van der Waals surface area contributed by atoms with Gasteiger partial charge in [0, 0.05) is 0 Å². The van der Waals surface area contributed by atoms with Gasteiger partial charge in [-0.05, 0) is 32.9 Å². The average molecular weight is 368 g/mol. The summed E-state index contributed by atoms with van der Waals surface area (Å²) in [5.41, 5.74) is 0.707. The van der Waals surface area contributed by atoms with E-state index >= 15 is 0 Å². The topological polar surface area (TPSA) is 34.0 Å². The van der Waals surface area contributed by atoms with Gasteiger partial charge in [-0.2, -0.15) is 0 Å². The van der Waals surface area contributed by atoms with Crippen molar-refractivity contribution in [2.75, 3.05) is 31.1 Å². The maximum absolute atomic E-state index is 12.4. The lowest BCUT2D eigenvalue weighted by molar-refractivity contribution is -0.894. The summed E-state index contributed by atoms with van der Waals surface area (Å²) in [4.78, 5) is 15.6. The van der Waals surface area contributed by atoms with E-state index in [4.69, 9.17) is 27.9 Å². The second-order valence-electron chi connectivity index (χ2n) is 5.17. The van der Waals surface area contributed by atoms with Crippen molar-refractivity contribution in [1.82, 2.24) is 0 Å². The highest BCUT2D eigenvalue weighted by atomic mass is 35.5. The number of nitrogens with one attached hydrogen (secondary N) is 1. The number of carbonyl (C=O) groups excluding carboxylic acids is 1. The first-order chi connectivity index (χ1) is 9.99. The average Bonchev–Trinajstić information content (AvgIpc) is 2.48. The minimum absolute atomic E-state index is 0. The third-order valence-corrected chi connectivity index (χ3v) is 4.70. The number of carbonyl (C=O) groups is 1. The zero-order valence-corrected chi connectivity index (χ0v) is 15.2. The summed E-state index contributed by atoms with van der Waals surface area (Å²) in [5, 5.41) is 0.806. The van der Waals surface area contributed by atoms with Crippen LogP contribution in [0.1, 0.15) is 20.8 Å². The Morgan fingerprint density at radius 3 is 2.50 bits per heavy atom. The van der Waals surface area contributed by atoms with Crippen molar-refractivity contribution in [2.45, 2.75) is 26.9 Å². The SMILES string of the molecule is CC[NH+](CC)CCN1C(=O)C(C)Oc2c1ccc(Cl)c2Cl.[Cl-]. The number of halogens is 3. The summed E-state index contributed by atoms with van der Waals surface area (Å²) in [6.07, 6.45) is -0.542. The fourth-order valence-electron chi connectivity index (χ4n) is 2.52. The molecule has 7 heteroatoms. The Kier molecular flexibility index (Phi) is 7.26. The lowest BCUT2D eigenvalue weighted by Crippen LogP contribution is -3.12. The van der Waals surface area contributed by atoms with Gasteiger partial charge in [-0.25, -0.2) is 0 Å². The highest BCUT2D eigenvalue weighted by molar-refractivity contribution is 6.43. The van der Waals surface area contributed by atoms with Crippen LogP contribution < -0.4 is 26.9 Å². The summed E-state index contributed by atoms with van der Waals surface area (Å²) in [7, 11) is 0. The summed E-state index contributed by atoms with van der Waals surface area (Å²) >= 11 is 12.2. The predicted molar refractivity (Wildman–Crippen MR) is 85.8 cm³/mol. The number of hydrogen-bond acceptors (Lipinski definition) is 2. The molecule has 1 N–H and O–H groups in total. The van der Waals surface area contributed by atoms with Gasteiger partial charge in [0.1, 0.15) is 5.02 Å². The van der Waals surface area contributed by atoms with Crippen LogP contribution in [0.25, 0.3) is 0 Å². The number of anilines is 1. The monoisotopic (exact) mass is 366 g/mol. The van der Waals surface area contributed by atoms with Crippen molar-refractivity contribution >= 4 is 34.8 Å². The molecule has 0 aromatic heterocycles. The number of likely N-dealkylation sites (N-methyl/N-ethyl adjacent to an activating group) is 1. The molecule has 0 bridgehead atoms. The molecule has 0 radical (unpaired) electrons. The molecular formula is C15H21Cl3N2O2. The molecule has 0 saturated carbocycles. The van der Waals surface area contributed by atoms with Gasteiger partial charge in [0.25, 0.3) is 5.91 Å². The van der Waals surface area contributed by atoms with Crippen LogP contribution in [0, 0.1) is 0 Å². The van der Waals surface area contributed by atoms with E-state index in [9.17, 15) is 4.79 Å². The summed E-state index contributed by atoms with van der Waals surface area (Å²) < 4.78 is 5.63. The second kappa shape index (κ2) is 8.25. The van der Waals surface area contributed by atoms with Gasteiger partial charge in [-0.1, -0.05) is 23.2 Å². The van der Waals surface area contributed by atoms with Crippen LogP contribution in [0.15, 0.2) is 12.1 Å². The standard InChI is InChI=1S/C15H20Cl2N2O2.ClH/c1-4-18(5-2)8-9-19-12-7-6-11(16)13(17)14(12)21-10(3)15(19)20;/h6-7,10H,4-5,8-9H2,1-3H3;1H. The summed E-state index contributed by atoms with van der Waals surface area (Å²) in [6, 6.07) is 3.50. The first-order valence-electron chi connectivity index (χ1n) is 7.29. The Balaban J connectivity index is 0.00000242. The molecule has 4 nitrogen and oxygen atoms in total. The maximum atomic E-state index is 12.4. The molecule has 1 aromatic rings. The van der Waals surface area contributed by atoms with E-state index in [1.54, 1.807) is 24.0 Å². The molecule has 1 heterocycles. The molecule has 22 heavy (non-hydrogen) atoms. The zero-order chi connectivity index (χ0) is 15.6. The first kappa shape index (κ1) is 19.4. The molecule has 1 amide bonds. The lowest BCUT2D eigenvalue weighted by atomic mass is 10.2. The number of fused-ring (bicyclic) bond motifs is 1. The van der Waals surface area contributed by atoms with E-state index in [0.29, 0.717) is 28.0 Å². The zero-order valence-electron chi connectivity index (χ0n) is 13.0. The quantitative estimate of drug-likeness (QED) is 0.727. The lowest BCUT2D eigenvalue weighted by Gasteiger charge is -2.34. The Morgan fingerprint density at radius 2 is 1.91 bits per heavy atom. The highest BCUT2D eigenvalue weighted by Gasteiger charge is 2.33. The van der Waals surface area contributed by atoms with Crippen molar-refractivity contribution < 1.29 is 26.8 Å². The fourth-order valence-corrected chi connectivity index (χ4v) is 2.87. The largest absolute Gasteiger partial charge is 1.00 e. The van der Waals surface area contributed by atoms with Crippen molar-refractivity contribution in [3.05, 3.63) is 22.2 Å². The van der Waals surface area contributed by atoms with Crippen LogP contribution in [0.4, 0.5) is 5.69 Å². The van der Waals surface area contributed by atoms with Gasteiger partial charge in [-0.3, -0.25) is 4.79 Å². The van der Waals surface area contributed by atoms with Gasteiger partial charge >= 0.3 is 0 Å². The molecule has 0 fully saturated rings. The number of ether oxygens (including phenoxy) is 1. The molecule has 124 valence electrons. The molecule has 0 aliphatic carbocycles. The molecule has 1 unspecified atom stereocenters. The van der Waals surface area contributed by atoms with Crippen molar-refractivity contribution in [3.8, 4) is 5.75 Å². The molecule has 0 spiro atoms. The minimum atomic E-state index is -0.542. The normalized spacial score (nSPS) is 17.1. The molecule has 2 rings (SSSR count). The number of benzene rings is 1. The summed E-state index contributed by atoms with van der Waals surface area (Å²) in [5.74, 6) is 0.471. The van der Waals surface area contributed by atoms with Gasteiger partial charge in [0.2, 0.25) is 0 Å². The van der Waals surface area contributed by atoms with Gasteiger partial charge in [0.15, 0.2) is 11.9 Å². The van der Waals surface area contributed by atoms with Crippen LogP contribution in [0.2, 0.25) is 10.0 Å². The molecule has 1 aliphatic heterocycles.